The summed E-state index contributed by atoms with van der Waals surface area (Å²) in [4.78, 5) is 7.77. The van der Waals surface area contributed by atoms with Crippen LogP contribution in [0, 0.1) is 17.2 Å². The van der Waals surface area contributed by atoms with Crippen LogP contribution in [0.2, 0.25) is 5.02 Å². The highest BCUT2D eigenvalue weighted by molar-refractivity contribution is 6.30. The molecule has 0 aliphatic carbocycles. The first-order valence-electron chi connectivity index (χ1n) is 7.49. The van der Waals surface area contributed by atoms with E-state index in [1.165, 1.54) is 0 Å². The molecule has 3 aromatic rings. The molecule has 3 rings (SSSR count). The molecule has 4 nitrogen and oxygen atoms in total. The van der Waals surface area contributed by atoms with E-state index in [9.17, 15) is 5.26 Å². The molecule has 0 bridgehead atoms. The molecule has 1 atom stereocenters. The zero-order chi connectivity index (χ0) is 16.4. The molecule has 0 fully saturated rings. The quantitative estimate of drug-likeness (QED) is 0.717. The van der Waals surface area contributed by atoms with Crippen LogP contribution in [0.25, 0.3) is 11.0 Å². The number of hydrogen-bond acceptors (Lipinski definition) is 3. The van der Waals surface area contributed by atoms with E-state index in [-0.39, 0.29) is 6.04 Å². The third-order valence-electron chi connectivity index (χ3n) is 3.80. The molecule has 0 radical (unpaired) electrons. The minimum atomic E-state index is 0.0693. The zero-order valence-corrected chi connectivity index (χ0v) is 13.7. The lowest BCUT2D eigenvalue weighted by molar-refractivity contribution is 0.543. The number of hydrogen-bond donors (Lipinski definition) is 2. The summed E-state index contributed by atoms with van der Waals surface area (Å²) < 4.78 is 0. The van der Waals surface area contributed by atoms with Crippen LogP contribution in [0.5, 0.6) is 0 Å². The van der Waals surface area contributed by atoms with E-state index in [1.807, 2.05) is 36.4 Å². The van der Waals surface area contributed by atoms with Crippen molar-refractivity contribution in [2.75, 3.05) is 5.32 Å². The zero-order valence-electron chi connectivity index (χ0n) is 13.0. The molecule has 0 saturated carbocycles. The normalized spacial score (nSPS) is 12.3. The Hall–Kier alpha value is -2.51. The summed E-state index contributed by atoms with van der Waals surface area (Å²) in [5, 5.41) is 13.3. The Kier molecular flexibility index (Phi) is 4.22. The van der Waals surface area contributed by atoms with Gasteiger partial charge in [-0.05, 0) is 35.7 Å². The Bertz CT molecular complexity index is 876. The topological polar surface area (TPSA) is 64.5 Å². The Morgan fingerprint density at radius 2 is 2.00 bits per heavy atom. The molecule has 1 heterocycles. The molecule has 23 heavy (non-hydrogen) atoms. The van der Waals surface area contributed by atoms with Crippen molar-refractivity contribution < 1.29 is 0 Å². The lowest BCUT2D eigenvalue weighted by Gasteiger charge is -2.22. The van der Waals surface area contributed by atoms with E-state index < -0.39 is 0 Å². The fourth-order valence-corrected chi connectivity index (χ4v) is 2.87. The standard InChI is InChI=1S/C18H17ClN4/c1-11(2)16(12-5-3-7-14(19)9-12)22-18-21-15-8-4-6-13(10-20)17(15)23-18/h3-9,11,16H,1-2H3,(H2,21,22,23). The second kappa shape index (κ2) is 6.31. The molecule has 0 spiro atoms. The van der Waals surface area contributed by atoms with Crippen LogP contribution in [0.3, 0.4) is 0 Å². The molecular formula is C18H17ClN4. The molecule has 1 aromatic heterocycles. The van der Waals surface area contributed by atoms with E-state index in [2.05, 4.69) is 35.2 Å². The Labute approximate surface area is 140 Å². The van der Waals surface area contributed by atoms with Crippen molar-refractivity contribution in [3.63, 3.8) is 0 Å². The van der Waals surface area contributed by atoms with E-state index in [4.69, 9.17) is 11.6 Å². The first-order valence-corrected chi connectivity index (χ1v) is 7.87. The van der Waals surface area contributed by atoms with E-state index in [0.29, 0.717) is 28.0 Å². The van der Waals surface area contributed by atoms with Gasteiger partial charge in [-0.15, -0.1) is 0 Å². The van der Waals surface area contributed by atoms with E-state index in [0.717, 1.165) is 11.1 Å². The van der Waals surface area contributed by atoms with Gasteiger partial charge in [-0.25, -0.2) is 4.98 Å². The van der Waals surface area contributed by atoms with Crippen LogP contribution < -0.4 is 5.32 Å². The maximum atomic E-state index is 9.18. The van der Waals surface area contributed by atoms with Crippen molar-refractivity contribution in [3.8, 4) is 6.07 Å². The van der Waals surface area contributed by atoms with Crippen LogP contribution in [0.1, 0.15) is 31.0 Å². The van der Waals surface area contributed by atoms with Gasteiger partial charge in [0.1, 0.15) is 11.6 Å². The number of benzene rings is 2. The van der Waals surface area contributed by atoms with E-state index in [1.54, 1.807) is 6.07 Å². The number of halogens is 1. The highest BCUT2D eigenvalue weighted by atomic mass is 35.5. The highest BCUT2D eigenvalue weighted by Gasteiger charge is 2.18. The van der Waals surface area contributed by atoms with E-state index >= 15 is 0 Å². The van der Waals surface area contributed by atoms with Gasteiger partial charge < -0.3 is 10.3 Å². The summed E-state index contributed by atoms with van der Waals surface area (Å²) in [7, 11) is 0. The summed E-state index contributed by atoms with van der Waals surface area (Å²) in [5.74, 6) is 0.999. The number of nitrogens with zero attached hydrogens (tertiary/aromatic N) is 2. The number of nitriles is 1. The average molecular weight is 325 g/mol. The van der Waals surface area contributed by atoms with Gasteiger partial charge >= 0.3 is 0 Å². The smallest absolute Gasteiger partial charge is 0.201 e. The molecule has 5 heteroatoms. The lowest BCUT2D eigenvalue weighted by atomic mass is 9.96. The highest BCUT2D eigenvalue weighted by Crippen LogP contribution is 2.28. The second-order valence-corrected chi connectivity index (χ2v) is 6.26. The Balaban J connectivity index is 1.97. The summed E-state index contributed by atoms with van der Waals surface area (Å²) in [6.45, 7) is 4.28. The van der Waals surface area contributed by atoms with Gasteiger partial charge in [-0.1, -0.05) is 43.6 Å². The maximum absolute atomic E-state index is 9.18. The molecule has 1 unspecified atom stereocenters. The first kappa shape index (κ1) is 15.4. The number of aromatic nitrogens is 2. The first-order chi connectivity index (χ1) is 11.1. The summed E-state index contributed by atoms with van der Waals surface area (Å²) in [6, 6.07) is 15.6. The minimum Gasteiger partial charge on any atom is -0.349 e. The maximum Gasteiger partial charge on any atom is 0.201 e. The van der Waals surface area contributed by atoms with Crippen molar-refractivity contribution in [1.82, 2.24) is 9.97 Å². The molecule has 0 aliphatic heterocycles. The number of rotatable bonds is 4. The number of H-pyrrole nitrogens is 1. The fourth-order valence-electron chi connectivity index (χ4n) is 2.67. The third kappa shape index (κ3) is 3.15. The number of aromatic amines is 1. The minimum absolute atomic E-state index is 0.0693. The molecule has 2 aromatic carbocycles. The molecule has 0 amide bonds. The fraction of sp³-hybridized carbons (Fsp3) is 0.222. The van der Waals surface area contributed by atoms with Gasteiger partial charge in [0, 0.05) is 5.02 Å². The van der Waals surface area contributed by atoms with Crippen molar-refractivity contribution in [3.05, 3.63) is 58.6 Å². The van der Waals surface area contributed by atoms with Crippen molar-refractivity contribution in [1.29, 1.82) is 5.26 Å². The number of para-hydroxylation sites is 1. The van der Waals surface area contributed by atoms with Gasteiger partial charge in [-0.2, -0.15) is 5.26 Å². The Morgan fingerprint density at radius 1 is 1.22 bits per heavy atom. The summed E-state index contributed by atoms with van der Waals surface area (Å²) >= 11 is 6.11. The number of nitrogens with one attached hydrogen (secondary N) is 2. The SMILES string of the molecule is CC(C)C(Nc1nc2c(C#N)cccc2[nH]1)c1cccc(Cl)c1. The summed E-state index contributed by atoms with van der Waals surface area (Å²) in [5.41, 5.74) is 3.20. The van der Waals surface area contributed by atoms with Gasteiger partial charge in [0.15, 0.2) is 0 Å². The number of fused-ring (bicyclic) bond motifs is 1. The van der Waals surface area contributed by atoms with Gasteiger partial charge in [0.25, 0.3) is 0 Å². The largest absolute Gasteiger partial charge is 0.349 e. The van der Waals surface area contributed by atoms with Crippen molar-refractivity contribution >= 4 is 28.6 Å². The van der Waals surface area contributed by atoms with Crippen molar-refractivity contribution in [2.45, 2.75) is 19.9 Å². The summed E-state index contributed by atoms with van der Waals surface area (Å²) in [6.07, 6.45) is 0. The van der Waals surface area contributed by atoms with Gasteiger partial charge in [0.2, 0.25) is 5.95 Å². The molecule has 0 saturated heterocycles. The van der Waals surface area contributed by atoms with Crippen molar-refractivity contribution in [2.24, 2.45) is 5.92 Å². The molecular weight excluding hydrogens is 308 g/mol. The second-order valence-electron chi connectivity index (χ2n) is 5.82. The van der Waals surface area contributed by atoms with Crippen LogP contribution in [0.4, 0.5) is 5.95 Å². The number of imidazole rings is 1. The monoisotopic (exact) mass is 324 g/mol. The predicted octanol–water partition coefficient (Wildman–Crippen LogP) is 4.90. The molecule has 2 N–H and O–H groups in total. The van der Waals surface area contributed by atoms with Gasteiger partial charge in [-0.3, -0.25) is 0 Å². The van der Waals surface area contributed by atoms with Crippen LogP contribution in [-0.4, -0.2) is 9.97 Å². The van der Waals surface area contributed by atoms with Crippen LogP contribution >= 0.6 is 11.6 Å². The van der Waals surface area contributed by atoms with Crippen LogP contribution in [0.15, 0.2) is 42.5 Å². The predicted molar refractivity (Wildman–Crippen MR) is 93.5 cm³/mol. The molecule has 116 valence electrons. The molecule has 0 aliphatic rings. The number of anilines is 1. The van der Waals surface area contributed by atoms with Crippen LogP contribution in [-0.2, 0) is 0 Å². The Morgan fingerprint density at radius 3 is 2.70 bits per heavy atom. The van der Waals surface area contributed by atoms with Gasteiger partial charge in [0.05, 0.1) is 17.1 Å². The lowest BCUT2D eigenvalue weighted by Crippen LogP contribution is -2.17. The average Bonchev–Trinajstić information content (AvgIpc) is 2.94. The third-order valence-corrected chi connectivity index (χ3v) is 4.03.